The van der Waals surface area contributed by atoms with E-state index in [2.05, 4.69) is 5.32 Å². The normalized spacial score (nSPS) is 12.5. The van der Waals surface area contributed by atoms with Gasteiger partial charge in [-0.05, 0) is 12.3 Å². The number of carboxylic acid groups (broad SMARTS) is 1. The van der Waals surface area contributed by atoms with Gasteiger partial charge >= 0.3 is 5.97 Å². The molecule has 0 bridgehead atoms. The molecule has 0 saturated heterocycles. The molecule has 0 unspecified atom stereocenters. The van der Waals surface area contributed by atoms with E-state index < -0.39 is 12.1 Å². The summed E-state index contributed by atoms with van der Waals surface area (Å²) in [7, 11) is 0. The van der Waals surface area contributed by atoms with Gasteiger partial charge in [0.15, 0.2) is 6.10 Å². The number of aliphatic hydroxyl groups is 1. The minimum atomic E-state index is -1.39. The third-order valence-electron chi connectivity index (χ3n) is 1.97. The molecular formula is C10H19NO4. The smallest absolute Gasteiger partial charge is 0.332 e. The second-order valence-corrected chi connectivity index (χ2v) is 3.93. The van der Waals surface area contributed by atoms with Gasteiger partial charge in [0.1, 0.15) is 0 Å². The van der Waals surface area contributed by atoms with E-state index in [-0.39, 0.29) is 18.9 Å². The Hall–Kier alpha value is -1.10. The Morgan fingerprint density at radius 3 is 2.33 bits per heavy atom. The van der Waals surface area contributed by atoms with Crippen LogP contribution >= 0.6 is 0 Å². The van der Waals surface area contributed by atoms with Crippen LogP contribution < -0.4 is 5.32 Å². The number of hydrogen-bond acceptors (Lipinski definition) is 3. The fourth-order valence-electron chi connectivity index (χ4n) is 0.980. The Morgan fingerprint density at radius 2 is 1.87 bits per heavy atom. The van der Waals surface area contributed by atoms with Crippen molar-refractivity contribution in [2.24, 2.45) is 5.92 Å². The van der Waals surface area contributed by atoms with E-state index >= 15 is 0 Å². The van der Waals surface area contributed by atoms with E-state index in [4.69, 9.17) is 10.2 Å². The molecule has 15 heavy (non-hydrogen) atoms. The van der Waals surface area contributed by atoms with Crippen LogP contribution in [0.25, 0.3) is 0 Å². The lowest BCUT2D eigenvalue weighted by Crippen LogP contribution is -2.30. The van der Waals surface area contributed by atoms with Crippen molar-refractivity contribution < 1.29 is 19.8 Å². The predicted octanol–water partition coefficient (Wildman–Crippen LogP) is 0.374. The molecule has 0 rings (SSSR count). The molecule has 1 atom stereocenters. The monoisotopic (exact) mass is 217 g/mol. The Balaban J connectivity index is 3.51. The summed E-state index contributed by atoms with van der Waals surface area (Å²) in [5.41, 5.74) is 0. The van der Waals surface area contributed by atoms with Gasteiger partial charge in [0.2, 0.25) is 5.91 Å². The second kappa shape index (κ2) is 7.23. The minimum absolute atomic E-state index is 0.0444. The lowest BCUT2D eigenvalue weighted by Gasteiger charge is -2.08. The zero-order valence-corrected chi connectivity index (χ0v) is 9.19. The number of amides is 1. The molecule has 0 heterocycles. The van der Waals surface area contributed by atoms with Crippen molar-refractivity contribution in [3.63, 3.8) is 0 Å². The number of carbonyl (C=O) groups excluding carboxylic acids is 1. The maximum Gasteiger partial charge on any atom is 0.332 e. The van der Waals surface area contributed by atoms with Crippen LogP contribution in [-0.4, -0.2) is 34.7 Å². The SMILES string of the molecule is CC(C)CCC(=O)NCC[C@H](O)C(=O)O. The topological polar surface area (TPSA) is 86.6 Å². The van der Waals surface area contributed by atoms with Crippen LogP contribution in [0.15, 0.2) is 0 Å². The van der Waals surface area contributed by atoms with Gasteiger partial charge in [-0.3, -0.25) is 4.79 Å². The van der Waals surface area contributed by atoms with Gasteiger partial charge in [0.25, 0.3) is 0 Å². The first-order chi connectivity index (χ1) is 6.93. The van der Waals surface area contributed by atoms with E-state index in [0.717, 1.165) is 6.42 Å². The fourth-order valence-corrected chi connectivity index (χ4v) is 0.980. The lowest BCUT2D eigenvalue weighted by atomic mass is 10.1. The van der Waals surface area contributed by atoms with Gasteiger partial charge in [-0.15, -0.1) is 0 Å². The number of hydrogen-bond donors (Lipinski definition) is 3. The summed E-state index contributed by atoms with van der Waals surface area (Å²) in [4.78, 5) is 21.4. The molecule has 88 valence electrons. The van der Waals surface area contributed by atoms with Crippen LogP contribution in [0.5, 0.6) is 0 Å². The molecule has 0 aromatic heterocycles. The van der Waals surface area contributed by atoms with Gasteiger partial charge < -0.3 is 15.5 Å². The molecule has 0 radical (unpaired) electrons. The number of carboxylic acids is 1. The predicted molar refractivity (Wildman–Crippen MR) is 55.3 cm³/mol. The minimum Gasteiger partial charge on any atom is -0.479 e. The standard InChI is InChI=1S/C10H19NO4/c1-7(2)3-4-9(13)11-6-5-8(12)10(14)15/h7-8,12H,3-6H2,1-2H3,(H,11,13)(H,14,15)/t8-/m0/s1. The summed E-state index contributed by atoms with van der Waals surface area (Å²) in [6, 6.07) is 0. The molecule has 0 fully saturated rings. The molecular weight excluding hydrogens is 198 g/mol. The third kappa shape index (κ3) is 7.93. The van der Waals surface area contributed by atoms with Crippen LogP contribution in [0.3, 0.4) is 0 Å². The molecule has 0 aromatic rings. The first-order valence-electron chi connectivity index (χ1n) is 5.11. The highest BCUT2D eigenvalue weighted by molar-refractivity contribution is 5.76. The van der Waals surface area contributed by atoms with Crippen molar-refractivity contribution >= 4 is 11.9 Å². The summed E-state index contributed by atoms with van der Waals surface area (Å²) >= 11 is 0. The first kappa shape index (κ1) is 13.9. The van der Waals surface area contributed by atoms with E-state index in [1.165, 1.54) is 0 Å². The molecule has 0 aromatic carbocycles. The maximum atomic E-state index is 11.2. The first-order valence-corrected chi connectivity index (χ1v) is 5.11. The zero-order valence-electron chi connectivity index (χ0n) is 9.19. The molecule has 5 heteroatoms. The molecule has 0 aliphatic carbocycles. The molecule has 3 N–H and O–H groups in total. The Bertz CT molecular complexity index is 215. The fraction of sp³-hybridized carbons (Fsp3) is 0.800. The van der Waals surface area contributed by atoms with Gasteiger partial charge in [-0.25, -0.2) is 4.79 Å². The number of nitrogens with one attached hydrogen (secondary N) is 1. The summed E-state index contributed by atoms with van der Waals surface area (Å²) in [6.45, 7) is 4.26. The Labute approximate surface area is 89.5 Å². The summed E-state index contributed by atoms with van der Waals surface area (Å²) in [5.74, 6) is -0.881. The van der Waals surface area contributed by atoms with E-state index in [1.54, 1.807) is 0 Å². The quantitative estimate of drug-likeness (QED) is 0.575. The molecule has 0 aliphatic rings. The van der Waals surface area contributed by atoms with Crippen LogP contribution in [0, 0.1) is 5.92 Å². The zero-order chi connectivity index (χ0) is 11.8. The van der Waals surface area contributed by atoms with Crippen molar-refractivity contribution in [2.45, 2.75) is 39.2 Å². The summed E-state index contributed by atoms with van der Waals surface area (Å²) < 4.78 is 0. The van der Waals surface area contributed by atoms with Crippen molar-refractivity contribution in [3.8, 4) is 0 Å². The number of aliphatic carboxylic acids is 1. The Morgan fingerprint density at radius 1 is 1.27 bits per heavy atom. The van der Waals surface area contributed by atoms with Crippen LogP contribution in [0.4, 0.5) is 0 Å². The van der Waals surface area contributed by atoms with Crippen LogP contribution in [0.2, 0.25) is 0 Å². The van der Waals surface area contributed by atoms with Crippen LogP contribution in [0.1, 0.15) is 33.1 Å². The van der Waals surface area contributed by atoms with Crippen molar-refractivity contribution in [1.29, 1.82) is 0 Å². The van der Waals surface area contributed by atoms with E-state index in [1.807, 2.05) is 13.8 Å². The second-order valence-electron chi connectivity index (χ2n) is 3.93. The van der Waals surface area contributed by atoms with Crippen molar-refractivity contribution in [2.75, 3.05) is 6.54 Å². The van der Waals surface area contributed by atoms with Gasteiger partial charge in [0.05, 0.1) is 0 Å². The van der Waals surface area contributed by atoms with Crippen LogP contribution in [-0.2, 0) is 9.59 Å². The highest BCUT2D eigenvalue weighted by Gasteiger charge is 2.12. The largest absolute Gasteiger partial charge is 0.479 e. The van der Waals surface area contributed by atoms with E-state index in [9.17, 15) is 9.59 Å². The molecule has 0 saturated carbocycles. The Kier molecular flexibility index (Phi) is 6.70. The summed E-state index contributed by atoms with van der Waals surface area (Å²) in [5, 5.41) is 19.8. The molecule has 5 nitrogen and oxygen atoms in total. The molecule has 0 spiro atoms. The lowest BCUT2D eigenvalue weighted by molar-refractivity contribution is -0.147. The van der Waals surface area contributed by atoms with Gasteiger partial charge in [-0.2, -0.15) is 0 Å². The third-order valence-corrected chi connectivity index (χ3v) is 1.97. The maximum absolute atomic E-state index is 11.2. The van der Waals surface area contributed by atoms with Gasteiger partial charge in [0, 0.05) is 19.4 Å². The highest BCUT2D eigenvalue weighted by atomic mass is 16.4. The number of carbonyl (C=O) groups is 2. The average Bonchev–Trinajstić information content (AvgIpc) is 2.14. The van der Waals surface area contributed by atoms with E-state index in [0.29, 0.717) is 12.3 Å². The summed E-state index contributed by atoms with van der Waals surface area (Å²) in [6.07, 6.45) is -0.0907. The molecule has 1 amide bonds. The highest BCUT2D eigenvalue weighted by Crippen LogP contribution is 2.02. The van der Waals surface area contributed by atoms with Gasteiger partial charge in [-0.1, -0.05) is 13.8 Å². The average molecular weight is 217 g/mol. The van der Waals surface area contributed by atoms with Crippen molar-refractivity contribution in [3.05, 3.63) is 0 Å². The molecule has 0 aliphatic heterocycles. The van der Waals surface area contributed by atoms with Crippen molar-refractivity contribution in [1.82, 2.24) is 5.32 Å². The number of rotatable bonds is 7. The number of aliphatic hydroxyl groups excluding tert-OH is 1.